The molecule has 0 spiro atoms. The Balaban J connectivity index is 2.09. The molecule has 2 rings (SSSR count). The molecule has 0 aliphatic heterocycles. The first-order valence-electron chi connectivity index (χ1n) is 5.48. The van der Waals surface area contributed by atoms with Gasteiger partial charge in [-0.25, -0.2) is 23.1 Å². The van der Waals surface area contributed by atoms with Gasteiger partial charge in [0.1, 0.15) is 10.0 Å². The van der Waals surface area contributed by atoms with E-state index < -0.39 is 10.0 Å². The first-order valence-corrected chi connectivity index (χ1v) is 7.84. The molecule has 2 heterocycles. The van der Waals surface area contributed by atoms with E-state index in [1.807, 2.05) is 0 Å². The molecule has 2 aromatic heterocycles. The van der Waals surface area contributed by atoms with Gasteiger partial charge in [-0.3, -0.25) is 0 Å². The standard InChI is InChI=1S/C11H13N3O3S2/c1-8-12-3-2-10(14-8)5-13-19(16,17)11-4-9(6-15)7-18-11/h2-4,7,13,15H,5-6H2,1H3. The van der Waals surface area contributed by atoms with E-state index in [-0.39, 0.29) is 17.4 Å². The van der Waals surface area contributed by atoms with E-state index in [2.05, 4.69) is 14.7 Å². The molecular formula is C11H13N3O3S2. The lowest BCUT2D eigenvalue weighted by molar-refractivity contribution is 0.282. The summed E-state index contributed by atoms with van der Waals surface area (Å²) >= 11 is 1.08. The van der Waals surface area contributed by atoms with Crippen LogP contribution in [0.5, 0.6) is 0 Å². The highest BCUT2D eigenvalue weighted by molar-refractivity contribution is 7.91. The highest BCUT2D eigenvalue weighted by atomic mass is 32.2. The highest BCUT2D eigenvalue weighted by Gasteiger charge is 2.16. The predicted octanol–water partition coefficient (Wildman–Crippen LogP) is 0.817. The third kappa shape index (κ3) is 3.57. The van der Waals surface area contributed by atoms with E-state index in [1.54, 1.807) is 24.6 Å². The Morgan fingerprint density at radius 3 is 2.89 bits per heavy atom. The number of aliphatic hydroxyl groups excluding tert-OH is 1. The van der Waals surface area contributed by atoms with Gasteiger partial charge in [0.05, 0.1) is 18.8 Å². The van der Waals surface area contributed by atoms with Crippen LogP contribution in [-0.2, 0) is 23.2 Å². The maximum absolute atomic E-state index is 12.0. The molecule has 0 saturated heterocycles. The monoisotopic (exact) mass is 299 g/mol. The second kappa shape index (κ2) is 5.74. The lowest BCUT2D eigenvalue weighted by Gasteiger charge is -2.04. The first-order chi connectivity index (χ1) is 9.01. The number of aryl methyl sites for hydroxylation is 1. The van der Waals surface area contributed by atoms with E-state index in [4.69, 9.17) is 5.11 Å². The molecule has 19 heavy (non-hydrogen) atoms. The van der Waals surface area contributed by atoms with Crippen LogP contribution in [0, 0.1) is 6.92 Å². The number of nitrogens with one attached hydrogen (secondary N) is 1. The molecule has 0 radical (unpaired) electrons. The molecule has 0 atom stereocenters. The third-order valence-corrected chi connectivity index (χ3v) is 5.24. The van der Waals surface area contributed by atoms with E-state index in [9.17, 15) is 8.42 Å². The largest absolute Gasteiger partial charge is 0.392 e. The molecule has 0 amide bonds. The number of hydrogen-bond acceptors (Lipinski definition) is 6. The summed E-state index contributed by atoms with van der Waals surface area (Å²) in [4.78, 5) is 8.06. The van der Waals surface area contributed by atoms with Crippen molar-refractivity contribution < 1.29 is 13.5 Å². The van der Waals surface area contributed by atoms with Crippen LogP contribution in [0.25, 0.3) is 0 Å². The average molecular weight is 299 g/mol. The predicted molar refractivity (Wildman–Crippen MR) is 71.0 cm³/mol. The molecule has 102 valence electrons. The summed E-state index contributed by atoms with van der Waals surface area (Å²) in [6.45, 7) is 1.68. The van der Waals surface area contributed by atoms with E-state index in [0.717, 1.165) is 11.3 Å². The van der Waals surface area contributed by atoms with Crippen LogP contribution in [0.4, 0.5) is 0 Å². The minimum Gasteiger partial charge on any atom is -0.392 e. The van der Waals surface area contributed by atoms with Gasteiger partial charge < -0.3 is 5.11 Å². The zero-order valence-electron chi connectivity index (χ0n) is 10.2. The molecule has 0 fully saturated rings. The van der Waals surface area contributed by atoms with E-state index >= 15 is 0 Å². The first kappa shape index (κ1) is 14.1. The van der Waals surface area contributed by atoms with Crippen LogP contribution in [0.1, 0.15) is 17.1 Å². The van der Waals surface area contributed by atoms with Crippen LogP contribution in [0.15, 0.2) is 27.9 Å². The van der Waals surface area contributed by atoms with Crippen molar-refractivity contribution in [3.63, 3.8) is 0 Å². The Labute approximate surface area is 115 Å². The molecule has 0 saturated carbocycles. The minimum atomic E-state index is -3.56. The minimum absolute atomic E-state index is 0.109. The van der Waals surface area contributed by atoms with Gasteiger partial charge in [-0.15, -0.1) is 11.3 Å². The molecule has 2 N–H and O–H groups in total. The van der Waals surface area contributed by atoms with Gasteiger partial charge in [0.2, 0.25) is 10.0 Å². The zero-order chi connectivity index (χ0) is 13.9. The summed E-state index contributed by atoms with van der Waals surface area (Å²) in [6, 6.07) is 3.11. The maximum Gasteiger partial charge on any atom is 0.250 e. The van der Waals surface area contributed by atoms with Crippen molar-refractivity contribution >= 4 is 21.4 Å². The van der Waals surface area contributed by atoms with Crippen molar-refractivity contribution in [3.8, 4) is 0 Å². The molecule has 0 bridgehead atoms. The molecule has 6 nitrogen and oxygen atoms in total. The lowest BCUT2D eigenvalue weighted by atomic mass is 10.4. The second-order valence-corrected chi connectivity index (χ2v) is 6.76. The molecule has 0 unspecified atom stereocenters. The van der Waals surface area contributed by atoms with Gasteiger partial charge in [-0.2, -0.15) is 0 Å². The van der Waals surface area contributed by atoms with Crippen molar-refractivity contribution in [1.82, 2.24) is 14.7 Å². The summed E-state index contributed by atoms with van der Waals surface area (Å²) in [5.41, 5.74) is 1.19. The van der Waals surface area contributed by atoms with Crippen molar-refractivity contribution in [3.05, 3.63) is 40.8 Å². The number of sulfonamides is 1. The molecule has 0 aliphatic rings. The zero-order valence-corrected chi connectivity index (χ0v) is 11.8. The van der Waals surface area contributed by atoms with Crippen LogP contribution >= 0.6 is 11.3 Å². The van der Waals surface area contributed by atoms with Crippen molar-refractivity contribution in [1.29, 1.82) is 0 Å². The summed E-state index contributed by atoms with van der Waals surface area (Å²) in [7, 11) is -3.56. The fourth-order valence-corrected chi connectivity index (χ4v) is 3.66. The van der Waals surface area contributed by atoms with Gasteiger partial charge in [0.15, 0.2) is 0 Å². The quantitative estimate of drug-likeness (QED) is 0.852. The molecule has 0 aromatic carbocycles. The van der Waals surface area contributed by atoms with Gasteiger partial charge in [-0.1, -0.05) is 0 Å². The fourth-order valence-electron chi connectivity index (χ4n) is 1.42. The van der Waals surface area contributed by atoms with Crippen LogP contribution in [0.2, 0.25) is 0 Å². The second-order valence-electron chi connectivity index (χ2n) is 3.85. The van der Waals surface area contributed by atoms with Gasteiger partial charge in [-0.05, 0) is 30.0 Å². The molecular weight excluding hydrogens is 286 g/mol. The summed E-state index contributed by atoms with van der Waals surface area (Å²) in [5, 5.41) is 10.5. The van der Waals surface area contributed by atoms with Gasteiger partial charge in [0, 0.05) is 6.20 Å². The average Bonchev–Trinajstić information content (AvgIpc) is 2.86. The Hall–Kier alpha value is -1.35. The third-order valence-electron chi connectivity index (χ3n) is 2.35. The molecule has 8 heteroatoms. The Kier molecular flexibility index (Phi) is 4.25. The Morgan fingerprint density at radius 2 is 2.26 bits per heavy atom. The van der Waals surface area contributed by atoms with Crippen LogP contribution in [-0.4, -0.2) is 23.5 Å². The SMILES string of the molecule is Cc1nccc(CNS(=O)(=O)c2cc(CO)cs2)n1. The molecule has 0 aliphatic carbocycles. The Bertz CT molecular complexity index is 667. The van der Waals surface area contributed by atoms with Gasteiger partial charge >= 0.3 is 0 Å². The number of aliphatic hydroxyl groups is 1. The number of aromatic nitrogens is 2. The van der Waals surface area contributed by atoms with Crippen LogP contribution in [0.3, 0.4) is 0 Å². The van der Waals surface area contributed by atoms with Gasteiger partial charge in [0.25, 0.3) is 0 Å². The van der Waals surface area contributed by atoms with Crippen molar-refractivity contribution in [2.24, 2.45) is 0 Å². The van der Waals surface area contributed by atoms with E-state index in [1.165, 1.54) is 6.07 Å². The smallest absolute Gasteiger partial charge is 0.250 e. The number of hydrogen-bond donors (Lipinski definition) is 2. The maximum atomic E-state index is 12.0. The lowest BCUT2D eigenvalue weighted by Crippen LogP contribution is -2.23. The summed E-state index contributed by atoms with van der Waals surface area (Å²) < 4.78 is 26.6. The molecule has 2 aromatic rings. The van der Waals surface area contributed by atoms with Crippen molar-refractivity contribution in [2.45, 2.75) is 24.3 Å². The highest BCUT2D eigenvalue weighted by Crippen LogP contribution is 2.20. The van der Waals surface area contributed by atoms with Crippen LogP contribution < -0.4 is 4.72 Å². The number of nitrogens with zero attached hydrogens (tertiary/aromatic N) is 2. The normalized spacial score (nSPS) is 11.7. The van der Waals surface area contributed by atoms with E-state index in [0.29, 0.717) is 17.1 Å². The number of thiophene rings is 1. The topological polar surface area (TPSA) is 92.2 Å². The fraction of sp³-hybridized carbons (Fsp3) is 0.273. The summed E-state index contributed by atoms with van der Waals surface area (Å²) in [5.74, 6) is 0.593. The number of rotatable bonds is 5. The van der Waals surface area contributed by atoms with Crippen molar-refractivity contribution in [2.75, 3.05) is 0 Å². The summed E-state index contributed by atoms with van der Waals surface area (Å²) in [6.07, 6.45) is 1.58. The Morgan fingerprint density at radius 1 is 1.47 bits per heavy atom.